The fraction of sp³-hybridized carbons (Fsp3) is 0.750. The van der Waals surface area contributed by atoms with E-state index in [1.54, 1.807) is 0 Å². The molecule has 3 nitrogen and oxygen atoms in total. The maximum atomic E-state index is 4.68. The summed E-state index contributed by atoms with van der Waals surface area (Å²) in [6, 6.07) is 0.630. The molecule has 1 aliphatic rings. The second kappa shape index (κ2) is 5.75. The molecule has 0 saturated carbocycles. The number of nitrogens with zero attached hydrogens (tertiary/aromatic N) is 2. The molecule has 1 atom stereocenters. The fourth-order valence-electron chi connectivity index (χ4n) is 2.08. The molecule has 16 heavy (non-hydrogen) atoms. The van der Waals surface area contributed by atoms with Gasteiger partial charge in [-0.15, -0.1) is 11.3 Å². The number of thiazole rings is 1. The minimum Gasteiger partial charge on any atom is -0.314 e. The van der Waals surface area contributed by atoms with E-state index < -0.39 is 0 Å². The van der Waals surface area contributed by atoms with E-state index >= 15 is 0 Å². The van der Waals surface area contributed by atoms with Crippen LogP contribution in [0.1, 0.15) is 31.0 Å². The van der Waals surface area contributed by atoms with Gasteiger partial charge in [-0.25, -0.2) is 4.98 Å². The molecule has 0 aliphatic carbocycles. The largest absolute Gasteiger partial charge is 0.314 e. The third-order valence-corrected chi connectivity index (χ3v) is 4.02. The average Bonchev–Trinajstić information content (AvgIpc) is 2.70. The molecule has 1 saturated heterocycles. The zero-order chi connectivity index (χ0) is 11.4. The number of aryl methyl sites for hydroxylation is 1. The molecule has 1 aromatic heterocycles. The normalized spacial score (nSPS) is 22.5. The first-order valence-electron chi connectivity index (χ1n) is 6.17. The van der Waals surface area contributed by atoms with Crippen molar-refractivity contribution in [1.29, 1.82) is 0 Å². The predicted molar refractivity (Wildman–Crippen MR) is 68.9 cm³/mol. The van der Waals surface area contributed by atoms with Crippen LogP contribution in [0.25, 0.3) is 0 Å². The average molecular weight is 239 g/mol. The van der Waals surface area contributed by atoms with Gasteiger partial charge in [-0.3, -0.25) is 4.90 Å². The monoisotopic (exact) mass is 239 g/mol. The summed E-state index contributed by atoms with van der Waals surface area (Å²) < 4.78 is 0. The predicted octanol–water partition coefficient (Wildman–Crippen LogP) is 1.89. The number of aromatic nitrogens is 1. The zero-order valence-electron chi connectivity index (χ0n) is 10.2. The first kappa shape index (κ1) is 12.0. The highest BCUT2D eigenvalue weighted by atomic mass is 32.1. The first-order valence-corrected chi connectivity index (χ1v) is 7.05. The molecular weight excluding hydrogens is 218 g/mol. The molecule has 0 bridgehead atoms. The number of rotatable bonds is 4. The van der Waals surface area contributed by atoms with Crippen molar-refractivity contribution in [2.24, 2.45) is 0 Å². The molecule has 1 unspecified atom stereocenters. The van der Waals surface area contributed by atoms with Gasteiger partial charge in [-0.1, -0.05) is 6.92 Å². The van der Waals surface area contributed by atoms with E-state index in [0.29, 0.717) is 6.04 Å². The number of hydrogen-bond donors (Lipinski definition) is 1. The Morgan fingerprint density at radius 1 is 1.62 bits per heavy atom. The third-order valence-electron chi connectivity index (χ3n) is 3.07. The maximum absolute atomic E-state index is 4.68. The summed E-state index contributed by atoms with van der Waals surface area (Å²) in [7, 11) is 0. The molecule has 1 aliphatic heterocycles. The molecule has 1 N–H and O–H groups in total. The lowest BCUT2D eigenvalue weighted by atomic mass is 10.2. The molecular formula is C12H21N3S. The molecule has 4 heteroatoms. The van der Waals surface area contributed by atoms with E-state index in [-0.39, 0.29) is 0 Å². The lowest BCUT2D eigenvalue weighted by molar-refractivity contribution is 0.164. The summed E-state index contributed by atoms with van der Waals surface area (Å²) in [5.41, 5.74) is 1.25. The van der Waals surface area contributed by atoms with E-state index in [2.05, 4.69) is 34.4 Å². The van der Waals surface area contributed by atoms with Crippen molar-refractivity contribution >= 4 is 11.3 Å². The van der Waals surface area contributed by atoms with Crippen molar-refractivity contribution in [2.45, 2.75) is 39.3 Å². The second-order valence-electron chi connectivity index (χ2n) is 4.51. The summed E-state index contributed by atoms with van der Waals surface area (Å²) in [5, 5.41) is 6.93. The zero-order valence-corrected chi connectivity index (χ0v) is 11.0. The Balaban J connectivity index is 1.91. The number of piperazine rings is 1. The lowest BCUT2D eigenvalue weighted by Crippen LogP contribution is -2.49. The minimum absolute atomic E-state index is 0.630. The van der Waals surface area contributed by atoms with Crippen molar-refractivity contribution in [3.63, 3.8) is 0 Å². The van der Waals surface area contributed by atoms with Crippen LogP contribution in [0.15, 0.2) is 5.38 Å². The van der Waals surface area contributed by atoms with E-state index in [4.69, 9.17) is 0 Å². The third kappa shape index (κ3) is 3.03. The van der Waals surface area contributed by atoms with Gasteiger partial charge in [0.05, 0.1) is 10.7 Å². The molecule has 90 valence electrons. The molecule has 2 heterocycles. The Kier molecular flexibility index (Phi) is 4.32. The smallest absolute Gasteiger partial charge is 0.0928 e. The summed E-state index contributed by atoms with van der Waals surface area (Å²) in [4.78, 5) is 7.20. The van der Waals surface area contributed by atoms with Crippen LogP contribution in [0, 0.1) is 0 Å². The highest BCUT2D eigenvalue weighted by Crippen LogP contribution is 2.15. The van der Waals surface area contributed by atoms with Crippen molar-refractivity contribution in [1.82, 2.24) is 15.2 Å². The van der Waals surface area contributed by atoms with E-state index in [1.165, 1.54) is 17.1 Å². The van der Waals surface area contributed by atoms with Crippen LogP contribution in [0.5, 0.6) is 0 Å². The Morgan fingerprint density at radius 2 is 2.50 bits per heavy atom. The molecule has 1 fully saturated rings. The van der Waals surface area contributed by atoms with Gasteiger partial charge >= 0.3 is 0 Å². The van der Waals surface area contributed by atoms with Crippen LogP contribution < -0.4 is 5.32 Å². The highest BCUT2D eigenvalue weighted by Gasteiger charge is 2.18. The molecule has 0 aromatic carbocycles. The van der Waals surface area contributed by atoms with E-state index in [9.17, 15) is 0 Å². The minimum atomic E-state index is 0.630. The number of nitrogens with one attached hydrogen (secondary N) is 1. The standard InChI is InChI=1S/C12H21N3S/c1-3-4-12-14-11(9-16-12)8-15-6-5-13-7-10(15)2/h9-10,13H,3-8H2,1-2H3. The van der Waals surface area contributed by atoms with E-state index in [1.807, 2.05) is 11.3 Å². The van der Waals surface area contributed by atoms with Crippen molar-refractivity contribution < 1.29 is 0 Å². The van der Waals surface area contributed by atoms with Crippen molar-refractivity contribution in [3.8, 4) is 0 Å². The van der Waals surface area contributed by atoms with Crippen LogP contribution in [0.2, 0.25) is 0 Å². The van der Waals surface area contributed by atoms with Gasteiger partial charge in [0.25, 0.3) is 0 Å². The van der Waals surface area contributed by atoms with Crippen LogP contribution >= 0.6 is 11.3 Å². The highest BCUT2D eigenvalue weighted by molar-refractivity contribution is 7.09. The van der Waals surface area contributed by atoms with Crippen LogP contribution in [0.4, 0.5) is 0 Å². The molecule has 0 spiro atoms. The maximum Gasteiger partial charge on any atom is 0.0928 e. The van der Waals surface area contributed by atoms with Gasteiger partial charge < -0.3 is 5.32 Å². The van der Waals surface area contributed by atoms with Crippen LogP contribution in [-0.4, -0.2) is 35.6 Å². The Labute approximate surface area is 102 Å². The Hall–Kier alpha value is -0.450. The number of hydrogen-bond acceptors (Lipinski definition) is 4. The van der Waals surface area contributed by atoms with Crippen LogP contribution in [0.3, 0.4) is 0 Å². The first-order chi connectivity index (χ1) is 7.79. The summed E-state index contributed by atoms with van der Waals surface area (Å²) in [6.07, 6.45) is 2.32. The molecule has 0 radical (unpaired) electrons. The van der Waals surface area contributed by atoms with Gasteiger partial charge in [0.1, 0.15) is 0 Å². The van der Waals surface area contributed by atoms with Gasteiger partial charge in [-0.05, 0) is 19.8 Å². The summed E-state index contributed by atoms with van der Waals surface area (Å²) >= 11 is 1.81. The van der Waals surface area contributed by atoms with Gasteiger partial charge in [-0.2, -0.15) is 0 Å². The van der Waals surface area contributed by atoms with Gasteiger partial charge in [0.15, 0.2) is 0 Å². The van der Waals surface area contributed by atoms with Crippen molar-refractivity contribution in [3.05, 3.63) is 16.1 Å². The quantitative estimate of drug-likeness (QED) is 0.869. The Bertz CT molecular complexity index is 324. The van der Waals surface area contributed by atoms with E-state index in [0.717, 1.165) is 32.6 Å². The fourth-order valence-corrected chi connectivity index (χ4v) is 2.97. The topological polar surface area (TPSA) is 28.2 Å². The molecule has 0 amide bonds. The molecule has 2 rings (SSSR count). The van der Waals surface area contributed by atoms with Gasteiger partial charge in [0, 0.05) is 37.6 Å². The molecule has 1 aromatic rings. The Morgan fingerprint density at radius 3 is 3.25 bits per heavy atom. The lowest BCUT2D eigenvalue weighted by Gasteiger charge is -2.33. The SMILES string of the molecule is CCCc1nc(CN2CCNCC2C)cs1. The summed E-state index contributed by atoms with van der Waals surface area (Å²) in [6.45, 7) is 8.86. The van der Waals surface area contributed by atoms with Crippen LogP contribution in [-0.2, 0) is 13.0 Å². The second-order valence-corrected chi connectivity index (χ2v) is 5.45. The van der Waals surface area contributed by atoms with Gasteiger partial charge in [0.2, 0.25) is 0 Å². The van der Waals surface area contributed by atoms with Crippen molar-refractivity contribution in [2.75, 3.05) is 19.6 Å². The summed E-state index contributed by atoms with van der Waals surface area (Å²) in [5.74, 6) is 0.